The van der Waals surface area contributed by atoms with Gasteiger partial charge in [0.25, 0.3) is 0 Å². The number of halogens is 7. The number of anilines is 2. The number of nitrogens with one attached hydrogen (secondary N) is 2. The maximum Gasteiger partial charge on any atom is 0.490 e. The highest BCUT2D eigenvalue weighted by atomic mass is 32.2. The molecule has 0 fully saturated rings. The van der Waals surface area contributed by atoms with Crippen LogP contribution in [0.3, 0.4) is 0 Å². The fourth-order valence-electron chi connectivity index (χ4n) is 4.26. The maximum atomic E-state index is 15.9. The SMILES string of the molecule is CCc1cc(OC(C)C)c(F)c(N(Cc2ncc(-c3ccccc3S(C)(=O)=O)[nH]2)c2ccc(C(=N)N)cc2)c1.O=C(O)C(F)(F)F.O=C(O)C(F)(F)F. The Bertz CT molecular complexity index is 1990. The number of sulfone groups is 1. The summed E-state index contributed by atoms with van der Waals surface area (Å²) in [5, 5.41) is 22.0. The molecule has 12 nitrogen and oxygen atoms in total. The fourth-order valence-corrected chi connectivity index (χ4v) is 5.16. The lowest BCUT2D eigenvalue weighted by molar-refractivity contribution is -0.193. The number of ether oxygens (including phenoxy) is 1. The molecule has 4 rings (SSSR count). The van der Waals surface area contributed by atoms with E-state index in [0.29, 0.717) is 40.4 Å². The van der Waals surface area contributed by atoms with E-state index in [0.717, 1.165) is 11.8 Å². The van der Waals surface area contributed by atoms with Crippen LogP contribution in [0.1, 0.15) is 37.7 Å². The summed E-state index contributed by atoms with van der Waals surface area (Å²) in [4.78, 5) is 27.4. The molecule has 0 saturated carbocycles. The number of nitrogen functional groups attached to an aromatic ring is 1. The molecule has 0 aliphatic carbocycles. The van der Waals surface area contributed by atoms with Crippen molar-refractivity contribution in [3.63, 3.8) is 0 Å². The second-order valence-corrected chi connectivity index (χ2v) is 13.1. The van der Waals surface area contributed by atoms with E-state index in [4.69, 9.17) is 35.7 Å². The number of aliphatic carboxylic acids is 2. The lowest BCUT2D eigenvalue weighted by Gasteiger charge is -2.27. The van der Waals surface area contributed by atoms with Gasteiger partial charge in [-0.1, -0.05) is 25.1 Å². The van der Waals surface area contributed by atoms with E-state index in [9.17, 15) is 34.8 Å². The van der Waals surface area contributed by atoms with Crippen molar-refractivity contribution in [2.75, 3.05) is 11.2 Å². The third-order valence-corrected chi connectivity index (χ3v) is 7.78. The number of amidine groups is 1. The molecule has 0 aliphatic rings. The normalized spacial score (nSPS) is 11.5. The summed E-state index contributed by atoms with van der Waals surface area (Å²) in [7, 11) is -3.47. The van der Waals surface area contributed by atoms with E-state index >= 15 is 4.39 Å². The Kier molecular flexibility index (Phi) is 14.5. The van der Waals surface area contributed by atoms with Crippen LogP contribution in [0.5, 0.6) is 5.75 Å². The molecule has 3 aromatic carbocycles. The summed E-state index contributed by atoms with van der Waals surface area (Å²) < 4.78 is 110. The monoisotopic (exact) mass is 777 g/mol. The molecule has 1 heterocycles. The van der Waals surface area contributed by atoms with Gasteiger partial charge in [0.15, 0.2) is 21.4 Å². The van der Waals surface area contributed by atoms with Crippen molar-refractivity contribution in [1.29, 1.82) is 5.41 Å². The number of carboxylic acids is 2. The van der Waals surface area contributed by atoms with Crippen molar-refractivity contribution >= 4 is 39.0 Å². The minimum absolute atomic E-state index is 0.0694. The Labute approximate surface area is 298 Å². The van der Waals surface area contributed by atoms with E-state index in [1.165, 1.54) is 0 Å². The summed E-state index contributed by atoms with van der Waals surface area (Å²) in [6.45, 7) is 5.81. The average Bonchev–Trinajstić information content (AvgIpc) is 3.52. The molecule has 53 heavy (non-hydrogen) atoms. The number of carbonyl (C=O) groups is 2. The van der Waals surface area contributed by atoms with Gasteiger partial charge < -0.3 is 30.6 Å². The number of rotatable bonds is 10. The van der Waals surface area contributed by atoms with Crippen molar-refractivity contribution in [2.24, 2.45) is 5.73 Å². The van der Waals surface area contributed by atoms with Gasteiger partial charge in [0.05, 0.1) is 35.1 Å². The summed E-state index contributed by atoms with van der Waals surface area (Å²) in [5.74, 6) is -5.44. The zero-order valence-corrected chi connectivity index (χ0v) is 29.1. The first-order chi connectivity index (χ1) is 24.4. The van der Waals surface area contributed by atoms with Gasteiger partial charge in [0, 0.05) is 23.1 Å². The quantitative estimate of drug-likeness (QED) is 0.0644. The Morgan fingerprint density at radius 2 is 1.51 bits per heavy atom. The second-order valence-electron chi connectivity index (χ2n) is 11.1. The number of benzene rings is 3. The minimum atomic E-state index is -5.08. The van der Waals surface area contributed by atoms with Crippen LogP contribution in [0.2, 0.25) is 0 Å². The second kappa shape index (κ2) is 17.7. The van der Waals surface area contributed by atoms with Crippen molar-refractivity contribution in [1.82, 2.24) is 9.97 Å². The molecular formula is C33H34F7N5O7S. The van der Waals surface area contributed by atoms with Gasteiger partial charge in [-0.3, -0.25) is 5.41 Å². The van der Waals surface area contributed by atoms with Gasteiger partial charge in [0.1, 0.15) is 11.7 Å². The first-order valence-corrected chi connectivity index (χ1v) is 16.9. The number of carboxylic acid groups (broad SMARTS) is 2. The van der Waals surface area contributed by atoms with Gasteiger partial charge in [-0.2, -0.15) is 26.3 Å². The third-order valence-electron chi connectivity index (χ3n) is 6.63. The summed E-state index contributed by atoms with van der Waals surface area (Å²) in [6.07, 6.45) is -6.98. The van der Waals surface area contributed by atoms with Crippen molar-refractivity contribution in [3.8, 4) is 17.0 Å². The highest BCUT2D eigenvalue weighted by Gasteiger charge is 2.39. The standard InChI is InChI=1S/C29H32FN5O3S.2C2HF3O2/c1-5-19-14-24(28(30)25(15-19)38-18(2)3)35(21-12-10-20(11-13-21)29(31)32)17-27-33-16-23(34-27)22-8-6-7-9-26(22)39(4,36)37;2*3-2(4,5)1(6)7/h6-16,18H,5,17H2,1-4H3,(H3,31,32)(H,33,34);2*(H,6,7). The molecular weight excluding hydrogens is 743 g/mol. The predicted molar refractivity (Wildman–Crippen MR) is 179 cm³/mol. The van der Waals surface area contributed by atoms with Crippen molar-refractivity contribution in [3.05, 3.63) is 89.6 Å². The Morgan fingerprint density at radius 1 is 0.981 bits per heavy atom. The van der Waals surface area contributed by atoms with Crippen LogP contribution in [0.25, 0.3) is 11.3 Å². The number of nitrogens with two attached hydrogens (primary N) is 1. The molecule has 0 atom stereocenters. The van der Waals surface area contributed by atoms with Crippen molar-refractivity contribution in [2.45, 2.75) is 57.1 Å². The van der Waals surface area contributed by atoms with Gasteiger partial charge in [-0.05, 0) is 68.3 Å². The van der Waals surface area contributed by atoms with E-state index in [1.807, 2.05) is 20.8 Å². The molecule has 0 bridgehead atoms. The van der Waals surface area contributed by atoms with Crippen LogP contribution >= 0.6 is 0 Å². The van der Waals surface area contributed by atoms with Gasteiger partial charge in [-0.25, -0.2) is 27.4 Å². The smallest absolute Gasteiger partial charge is 0.488 e. The zero-order valence-electron chi connectivity index (χ0n) is 28.3. The van der Waals surface area contributed by atoms with Crippen LogP contribution in [-0.2, 0) is 32.4 Å². The molecule has 4 aromatic rings. The lowest BCUT2D eigenvalue weighted by Crippen LogP contribution is -2.21. The van der Waals surface area contributed by atoms with E-state index in [2.05, 4.69) is 9.97 Å². The van der Waals surface area contributed by atoms with Crippen LogP contribution in [-0.4, -0.2) is 71.1 Å². The summed E-state index contributed by atoms with van der Waals surface area (Å²) >= 11 is 0. The number of aromatic nitrogens is 2. The predicted octanol–water partition coefficient (Wildman–Crippen LogP) is 6.86. The van der Waals surface area contributed by atoms with Gasteiger partial charge >= 0.3 is 24.3 Å². The van der Waals surface area contributed by atoms with Crippen LogP contribution in [0.15, 0.2) is 71.8 Å². The van der Waals surface area contributed by atoms with Crippen LogP contribution in [0.4, 0.5) is 42.1 Å². The molecule has 0 aliphatic heterocycles. The van der Waals surface area contributed by atoms with Crippen LogP contribution in [0, 0.1) is 11.2 Å². The Hall–Kier alpha value is -5.66. The number of nitrogens with zero attached hydrogens (tertiary/aromatic N) is 2. The number of hydrogen-bond donors (Lipinski definition) is 5. The highest BCUT2D eigenvalue weighted by molar-refractivity contribution is 7.90. The molecule has 20 heteroatoms. The van der Waals surface area contributed by atoms with Crippen molar-refractivity contribution < 1.29 is 63.7 Å². The van der Waals surface area contributed by atoms with Gasteiger partial charge in [0.2, 0.25) is 0 Å². The lowest BCUT2D eigenvalue weighted by atomic mass is 10.1. The molecule has 6 N–H and O–H groups in total. The van der Waals surface area contributed by atoms with Crippen LogP contribution < -0.4 is 15.4 Å². The van der Waals surface area contributed by atoms with E-state index in [1.54, 1.807) is 71.8 Å². The summed E-state index contributed by atoms with van der Waals surface area (Å²) in [6, 6.07) is 17.1. The Balaban J connectivity index is 0.000000587. The van der Waals surface area contributed by atoms with E-state index in [-0.39, 0.29) is 29.1 Å². The number of hydrogen-bond acceptors (Lipinski definition) is 8. The average molecular weight is 778 g/mol. The Morgan fingerprint density at radius 3 is 1.96 bits per heavy atom. The summed E-state index contributed by atoms with van der Waals surface area (Å²) in [5.41, 5.74) is 9.07. The number of alkyl halides is 6. The third kappa shape index (κ3) is 12.8. The number of aryl methyl sites for hydroxylation is 1. The molecule has 0 radical (unpaired) electrons. The van der Waals surface area contributed by atoms with Gasteiger partial charge in [-0.15, -0.1) is 0 Å². The molecule has 288 valence electrons. The molecule has 0 amide bonds. The number of imidazole rings is 1. The maximum absolute atomic E-state index is 15.9. The number of aromatic amines is 1. The molecule has 0 unspecified atom stereocenters. The highest BCUT2D eigenvalue weighted by Crippen LogP contribution is 2.36. The molecule has 0 saturated heterocycles. The molecule has 1 aromatic heterocycles. The number of H-pyrrole nitrogens is 1. The van der Waals surface area contributed by atoms with E-state index < -0.39 is 39.9 Å². The zero-order chi connectivity index (χ0) is 40.5. The fraction of sp³-hybridized carbons (Fsp3) is 0.273. The first kappa shape index (κ1) is 43.5. The largest absolute Gasteiger partial charge is 0.490 e. The first-order valence-electron chi connectivity index (χ1n) is 15.0. The minimum Gasteiger partial charge on any atom is -0.488 e. The molecule has 0 spiro atoms. The topological polar surface area (TPSA) is 200 Å².